The number of ether oxygens (including phenoxy) is 2. The van der Waals surface area contributed by atoms with Crippen LogP contribution in [-0.2, 0) is 22.6 Å². The molecule has 14 nitrogen and oxygen atoms in total. The van der Waals surface area contributed by atoms with Gasteiger partial charge in [0.15, 0.2) is 11.6 Å². The first-order valence-corrected chi connectivity index (χ1v) is 22.8. The van der Waals surface area contributed by atoms with Crippen molar-refractivity contribution in [2.24, 2.45) is 0 Å². The monoisotopic (exact) mass is 1150 g/mol. The van der Waals surface area contributed by atoms with Gasteiger partial charge in [0, 0.05) is 81.5 Å². The molecule has 0 bridgehead atoms. The quantitative estimate of drug-likeness (QED) is 0.0981. The summed E-state index contributed by atoms with van der Waals surface area (Å²) in [4.78, 5) is 62.1. The molecule has 0 saturated carbocycles. The SMILES string of the molecule is CC(C)(C)OC(=O)NCCn1c(C2CN(CC(=O)c3ccccc3)C2)nc(I)c1I.CC(C)(C)OC(=O)NCCn1cc(I)nc1C1CN(CC(=O)c2ccccc2)C1. The molecule has 0 unspecified atom stereocenters. The van der Waals surface area contributed by atoms with Crippen LogP contribution in [0.1, 0.15) is 85.7 Å². The lowest BCUT2D eigenvalue weighted by Gasteiger charge is -2.38. The summed E-state index contributed by atoms with van der Waals surface area (Å²) in [5.41, 5.74) is 0.479. The second kappa shape index (κ2) is 21.1. The summed E-state index contributed by atoms with van der Waals surface area (Å²) in [6.45, 7) is 17.3. The molecule has 2 saturated heterocycles. The van der Waals surface area contributed by atoms with E-state index in [0.29, 0.717) is 45.2 Å². The van der Waals surface area contributed by atoms with Gasteiger partial charge in [0.2, 0.25) is 0 Å². The van der Waals surface area contributed by atoms with Gasteiger partial charge in [0.1, 0.15) is 34.0 Å². The molecule has 2 aliphatic heterocycles. The van der Waals surface area contributed by atoms with Gasteiger partial charge in [-0.05, 0) is 109 Å². The van der Waals surface area contributed by atoms with Crippen molar-refractivity contribution >= 4 is 91.5 Å². The summed E-state index contributed by atoms with van der Waals surface area (Å²) in [7, 11) is 0. The number of aromatic nitrogens is 4. The fraction of sp³-hybridized carbons (Fsp3) is 0.476. The highest BCUT2D eigenvalue weighted by atomic mass is 127. The molecule has 4 aromatic rings. The number of Topliss-reactive ketones (excluding diaryl/α,β-unsaturated/α-hetero) is 2. The molecule has 2 aliphatic rings. The van der Waals surface area contributed by atoms with Gasteiger partial charge in [0.05, 0.1) is 13.1 Å². The highest BCUT2D eigenvalue weighted by Crippen LogP contribution is 2.30. The predicted molar refractivity (Wildman–Crippen MR) is 251 cm³/mol. The van der Waals surface area contributed by atoms with Gasteiger partial charge < -0.3 is 29.2 Å². The summed E-state index contributed by atoms with van der Waals surface area (Å²) in [6, 6.07) is 18.8. The second-order valence-corrected chi connectivity index (χ2v) is 19.7. The minimum atomic E-state index is -0.513. The fourth-order valence-corrected chi connectivity index (χ4v) is 8.31. The molecule has 0 spiro atoms. The maximum atomic E-state index is 12.4. The lowest BCUT2D eigenvalue weighted by Crippen LogP contribution is -2.48. The number of hydrogen-bond acceptors (Lipinski definition) is 10. The van der Waals surface area contributed by atoms with Gasteiger partial charge in [-0.25, -0.2) is 19.6 Å². The van der Waals surface area contributed by atoms with Crippen molar-refractivity contribution in [1.82, 2.24) is 39.5 Å². The van der Waals surface area contributed by atoms with Gasteiger partial charge in [-0.1, -0.05) is 60.7 Å². The minimum absolute atomic E-state index is 0.142. The Morgan fingerprint density at radius 2 is 1.10 bits per heavy atom. The zero-order valence-corrected chi connectivity index (χ0v) is 40.8. The summed E-state index contributed by atoms with van der Waals surface area (Å²) >= 11 is 6.74. The predicted octanol–water partition coefficient (Wildman–Crippen LogP) is 7.19. The average molecular weight is 1150 g/mol. The van der Waals surface area contributed by atoms with Gasteiger partial charge in [0.25, 0.3) is 0 Å². The summed E-state index contributed by atoms with van der Waals surface area (Å²) < 4.78 is 17.7. The van der Waals surface area contributed by atoms with E-state index in [-0.39, 0.29) is 17.5 Å². The summed E-state index contributed by atoms with van der Waals surface area (Å²) in [5, 5.41) is 5.59. The van der Waals surface area contributed by atoms with Crippen molar-refractivity contribution in [2.75, 3.05) is 52.4 Å². The van der Waals surface area contributed by atoms with E-state index in [2.05, 4.69) is 102 Å². The van der Waals surface area contributed by atoms with Crippen LogP contribution in [0.3, 0.4) is 0 Å². The van der Waals surface area contributed by atoms with Gasteiger partial charge in [-0.15, -0.1) is 0 Å². The van der Waals surface area contributed by atoms with E-state index in [9.17, 15) is 19.2 Å². The van der Waals surface area contributed by atoms with E-state index >= 15 is 0 Å². The maximum Gasteiger partial charge on any atom is 0.407 e. The van der Waals surface area contributed by atoms with Gasteiger partial charge in [-0.3, -0.25) is 19.4 Å². The van der Waals surface area contributed by atoms with Crippen LogP contribution in [0.25, 0.3) is 0 Å². The smallest absolute Gasteiger partial charge is 0.407 e. The molecule has 318 valence electrons. The Labute approximate surface area is 387 Å². The lowest BCUT2D eigenvalue weighted by molar-refractivity contribution is 0.0514. The Bertz CT molecular complexity index is 2050. The largest absolute Gasteiger partial charge is 0.444 e. The topological polar surface area (TPSA) is 153 Å². The molecule has 17 heteroatoms. The van der Waals surface area contributed by atoms with Crippen LogP contribution in [0.2, 0.25) is 0 Å². The van der Waals surface area contributed by atoms with Gasteiger partial charge >= 0.3 is 12.2 Å². The van der Waals surface area contributed by atoms with E-state index < -0.39 is 23.4 Å². The molecule has 4 heterocycles. The molecule has 59 heavy (non-hydrogen) atoms. The Hall–Kier alpha value is -3.15. The van der Waals surface area contributed by atoms with Crippen molar-refractivity contribution in [3.63, 3.8) is 0 Å². The van der Waals surface area contributed by atoms with Crippen molar-refractivity contribution in [3.05, 3.63) is 101 Å². The van der Waals surface area contributed by atoms with E-state index in [1.807, 2.05) is 108 Å². The molecule has 2 N–H and O–H groups in total. The molecule has 2 aromatic heterocycles. The fourth-order valence-electron chi connectivity index (χ4n) is 6.58. The number of amides is 2. The van der Waals surface area contributed by atoms with E-state index in [4.69, 9.17) is 14.5 Å². The van der Waals surface area contributed by atoms with E-state index in [1.165, 1.54) is 0 Å². The Morgan fingerprint density at radius 3 is 1.56 bits per heavy atom. The number of nitrogens with zero attached hydrogens (tertiary/aromatic N) is 6. The highest BCUT2D eigenvalue weighted by molar-refractivity contribution is 14.1. The number of alkyl carbamates (subject to hydrolysis) is 2. The lowest BCUT2D eigenvalue weighted by atomic mass is 9.98. The van der Waals surface area contributed by atoms with Crippen LogP contribution >= 0.6 is 67.8 Å². The summed E-state index contributed by atoms with van der Waals surface area (Å²) in [6.07, 6.45) is 1.16. The van der Waals surface area contributed by atoms with Crippen molar-refractivity contribution in [3.8, 4) is 0 Å². The zero-order chi connectivity index (χ0) is 42.9. The van der Waals surface area contributed by atoms with Crippen LogP contribution in [0, 0.1) is 11.1 Å². The average Bonchev–Trinajstić information content (AvgIpc) is 3.63. The first-order valence-electron chi connectivity index (χ1n) is 19.5. The number of carbonyl (C=O) groups excluding carboxylic acids is 4. The highest BCUT2D eigenvalue weighted by Gasteiger charge is 2.35. The van der Waals surface area contributed by atoms with E-state index in [1.54, 1.807) is 0 Å². The standard InChI is InChI=1S/C21H26I2N4O3.C21H27IN4O3/c1-21(2,3)30-20(29)24-9-10-27-18(23)17(22)25-19(27)15-11-26(12-15)13-16(28)14-7-5-4-6-8-14;1-21(2,3)29-20(28)23-9-10-26-14-18(22)24-19(26)16-11-25(12-16)13-17(27)15-7-5-4-6-8-15/h4-8,15H,9-13H2,1-3H3,(H,24,29);4-8,14,16H,9-13H2,1-3H3,(H,23,28). The zero-order valence-electron chi connectivity index (χ0n) is 34.3. The van der Waals surface area contributed by atoms with Crippen molar-refractivity contribution in [2.45, 2.75) is 77.7 Å². The molecule has 0 aliphatic carbocycles. The first kappa shape index (κ1) is 46.9. The number of hydrogen-bond donors (Lipinski definition) is 2. The van der Waals surface area contributed by atoms with Crippen LogP contribution in [0.4, 0.5) is 9.59 Å². The second-order valence-electron chi connectivity index (χ2n) is 16.5. The molecule has 6 rings (SSSR count). The van der Waals surface area contributed by atoms with Crippen LogP contribution in [0.5, 0.6) is 0 Å². The summed E-state index contributed by atoms with van der Waals surface area (Å²) in [5.74, 6) is 2.88. The Morgan fingerprint density at radius 1 is 0.661 bits per heavy atom. The number of ketones is 2. The maximum absolute atomic E-state index is 12.4. The van der Waals surface area contributed by atoms with Crippen LogP contribution in [-0.4, -0.2) is 116 Å². The molecular weight excluding hydrogens is 1090 g/mol. The number of halogens is 3. The third-order valence-electron chi connectivity index (χ3n) is 9.27. The number of benzene rings is 2. The Kier molecular flexibility index (Phi) is 16.8. The van der Waals surface area contributed by atoms with Crippen LogP contribution in [0.15, 0.2) is 66.9 Å². The first-order chi connectivity index (χ1) is 27.8. The van der Waals surface area contributed by atoms with Crippen LogP contribution < -0.4 is 10.6 Å². The molecule has 0 atom stereocenters. The number of nitrogens with one attached hydrogen (secondary N) is 2. The Balaban J connectivity index is 0.000000224. The molecule has 2 aromatic carbocycles. The third-order valence-corrected chi connectivity index (χ3v) is 12.7. The molecular formula is C42H53I3N8O6. The molecule has 2 fully saturated rings. The number of imidazole rings is 2. The molecule has 2 amide bonds. The number of carbonyl (C=O) groups is 4. The van der Waals surface area contributed by atoms with Crippen molar-refractivity contribution in [1.29, 1.82) is 0 Å². The number of likely N-dealkylation sites (tertiary alicyclic amines) is 2. The normalized spacial score (nSPS) is 15.0. The molecule has 0 radical (unpaired) electrons. The van der Waals surface area contributed by atoms with Crippen molar-refractivity contribution < 1.29 is 28.7 Å². The minimum Gasteiger partial charge on any atom is -0.444 e. The van der Waals surface area contributed by atoms with Gasteiger partial charge in [-0.2, -0.15) is 0 Å². The number of rotatable bonds is 14. The van der Waals surface area contributed by atoms with E-state index in [0.717, 1.165) is 60.1 Å². The third kappa shape index (κ3) is 14.5.